The molecule has 0 aliphatic carbocycles. The molecular weight excluding hydrogens is 227 g/mol. The Morgan fingerprint density at radius 2 is 2.31 bits per heavy atom. The second-order valence-corrected chi connectivity index (χ2v) is 4.61. The monoisotopic (exact) mass is 242 g/mol. The Bertz CT molecular complexity index is 370. The highest BCUT2D eigenvalue weighted by atomic mass is 35.5. The third-order valence-electron chi connectivity index (χ3n) is 3.08. The van der Waals surface area contributed by atoms with Gasteiger partial charge in [0.2, 0.25) is 0 Å². The summed E-state index contributed by atoms with van der Waals surface area (Å²) in [7, 11) is 1.95. The summed E-state index contributed by atoms with van der Waals surface area (Å²) >= 11 is 5.90. The first-order valence-electron chi connectivity index (χ1n) is 5.58. The van der Waals surface area contributed by atoms with Gasteiger partial charge in [-0.3, -0.25) is 0 Å². The van der Waals surface area contributed by atoms with Crippen molar-refractivity contribution in [2.75, 3.05) is 25.0 Å². The van der Waals surface area contributed by atoms with Crippen LogP contribution in [0.3, 0.4) is 0 Å². The van der Waals surface area contributed by atoms with Crippen molar-refractivity contribution >= 4 is 17.3 Å². The maximum Gasteiger partial charge on any atom is 0.146 e. The lowest BCUT2D eigenvalue weighted by Crippen LogP contribution is -2.44. The topological polar surface area (TPSA) is 15.3 Å². The number of nitrogens with zero attached hydrogens (tertiary/aromatic N) is 1. The number of rotatable bonds is 2. The van der Waals surface area contributed by atoms with Crippen LogP contribution in [-0.2, 0) is 0 Å². The Kier molecular flexibility index (Phi) is 3.66. The molecule has 1 aromatic rings. The molecule has 0 saturated carbocycles. The second-order valence-electron chi connectivity index (χ2n) is 4.17. The third-order valence-corrected chi connectivity index (χ3v) is 3.31. The summed E-state index contributed by atoms with van der Waals surface area (Å²) in [5.74, 6) is -0.193. The first-order valence-corrected chi connectivity index (χ1v) is 5.96. The highest BCUT2D eigenvalue weighted by Crippen LogP contribution is 2.26. The van der Waals surface area contributed by atoms with Gasteiger partial charge in [0, 0.05) is 24.2 Å². The largest absolute Gasteiger partial charge is 0.368 e. The van der Waals surface area contributed by atoms with Gasteiger partial charge in [-0.25, -0.2) is 4.39 Å². The summed E-state index contributed by atoms with van der Waals surface area (Å²) in [6.07, 6.45) is 2.23. The normalized spacial score (nSPS) is 21.2. The van der Waals surface area contributed by atoms with E-state index in [0.717, 1.165) is 25.9 Å². The zero-order valence-electron chi connectivity index (χ0n) is 9.34. The van der Waals surface area contributed by atoms with Crippen LogP contribution in [0.15, 0.2) is 18.2 Å². The maximum atomic E-state index is 13.7. The van der Waals surface area contributed by atoms with Gasteiger partial charge in [0.05, 0.1) is 5.69 Å². The standard InChI is InChI=1S/C12H16ClFN2/c1-15-10-3-2-6-16(8-10)12-7-9(13)4-5-11(12)14/h4-5,7,10,15H,2-3,6,8H2,1H3. The molecule has 1 atom stereocenters. The fourth-order valence-electron chi connectivity index (χ4n) is 2.16. The van der Waals surface area contributed by atoms with E-state index >= 15 is 0 Å². The van der Waals surface area contributed by atoms with Crippen LogP contribution in [0.25, 0.3) is 0 Å². The number of hydrogen-bond donors (Lipinski definition) is 1. The van der Waals surface area contributed by atoms with Crippen molar-refractivity contribution in [3.63, 3.8) is 0 Å². The summed E-state index contributed by atoms with van der Waals surface area (Å²) in [4.78, 5) is 2.06. The van der Waals surface area contributed by atoms with E-state index in [0.29, 0.717) is 16.8 Å². The highest BCUT2D eigenvalue weighted by molar-refractivity contribution is 6.30. The smallest absolute Gasteiger partial charge is 0.146 e. The van der Waals surface area contributed by atoms with E-state index in [2.05, 4.69) is 10.2 Å². The van der Waals surface area contributed by atoms with Gasteiger partial charge < -0.3 is 10.2 Å². The van der Waals surface area contributed by atoms with Gasteiger partial charge in [0.1, 0.15) is 5.82 Å². The summed E-state index contributed by atoms with van der Waals surface area (Å²) in [6.45, 7) is 1.74. The molecule has 1 fully saturated rings. The van der Waals surface area contributed by atoms with Gasteiger partial charge in [-0.1, -0.05) is 11.6 Å². The summed E-state index contributed by atoms with van der Waals surface area (Å²) in [5.41, 5.74) is 0.618. The Balaban J connectivity index is 2.19. The SMILES string of the molecule is CNC1CCCN(c2cc(Cl)ccc2F)C1. The van der Waals surface area contributed by atoms with Gasteiger partial charge in [0.15, 0.2) is 0 Å². The number of anilines is 1. The Morgan fingerprint density at radius 1 is 1.50 bits per heavy atom. The molecule has 2 nitrogen and oxygen atoms in total. The van der Waals surface area contributed by atoms with Gasteiger partial charge in [-0.15, -0.1) is 0 Å². The number of likely N-dealkylation sites (N-methyl/N-ethyl adjacent to an activating group) is 1. The molecule has 0 amide bonds. The van der Waals surface area contributed by atoms with Crippen LogP contribution in [0.4, 0.5) is 10.1 Å². The van der Waals surface area contributed by atoms with Crippen molar-refractivity contribution in [1.29, 1.82) is 0 Å². The fourth-order valence-corrected chi connectivity index (χ4v) is 2.33. The Labute approximate surface area is 100 Å². The van der Waals surface area contributed by atoms with Crippen molar-refractivity contribution in [1.82, 2.24) is 5.32 Å². The van der Waals surface area contributed by atoms with Crippen molar-refractivity contribution in [2.45, 2.75) is 18.9 Å². The van der Waals surface area contributed by atoms with Crippen molar-refractivity contribution in [3.8, 4) is 0 Å². The molecule has 88 valence electrons. The Morgan fingerprint density at radius 3 is 3.06 bits per heavy atom. The predicted octanol–water partition coefficient (Wildman–Crippen LogP) is 2.67. The van der Waals surface area contributed by atoms with E-state index in [4.69, 9.17) is 11.6 Å². The number of benzene rings is 1. The third kappa shape index (κ3) is 2.47. The minimum Gasteiger partial charge on any atom is -0.368 e. The van der Waals surface area contributed by atoms with Crippen molar-refractivity contribution in [3.05, 3.63) is 29.0 Å². The van der Waals surface area contributed by atoms with Crippen LogP contribution < -0.4 is 10.2 Å². The lowest BCUT2D eigenvalue weighted by molar-refractivity contribution is 0.445. The lowest BCUT2D eigenvalue weighted by Gasteiger charge is -2.34. The predicted molar refractivity (Wildman–Crippen MR) is 65.7 cm³/mol. The molecule has 2 rings (SSSR count). The van der Waals surface area contributed by atoms with Crippen LogP contribution in [-0.4, -0.2) is 26.2 Å². The fraction of sp³-hybridized carbons (Fsp3) is 0.500. The van der Waals surface area contributed by atoms with E-state index in [-0.39, 0.29) is 5.82 Å². The zero-order chi connectivity index (χ0) is 11.5. The van der Waals surface area contributed by atoms with Crippen molar-refractivity contribution in [2.24, 2.45) is 0 Å². The van der Waals surface area contributed by atoms with E-state index in [1.54, 1.807) is 12.1 Å². The average Bonchev–Trinajstić information content (AvgIpc) is 2.32. The van der Waals surface area contributed by atoms with E-state index in [1.807, 2.05) is 7.05 Å². The zero-order valence-corrected chi connectivity index (χ0v) is 10.1. The molecule has 0 bridgehead atoms. The van der Waals surface area contributed by atoms with Gasteiger partial charge in [-0.05, 0) is 38.1 Å². The van der Waals surface area contributed by atoms with Gasteiger partial charge in [0.25, 0.3) is 0 Å². The summed E-state index contributed by atoms with van der Waals surface area (Å²) in [5, 5.41) is 3.83. The van der Waals surface area contributed by atoms with Crippen LogP contribution in [0.2, 0.25) is 5.02 Å². The number of nitrogens with one attached hydrogen (secondary N) is 1. The molecule has 1 saturated heterocycles. The molecule has 1 aliphatic heterocycles. The van der Waals surface area contributed by atoms with E-state index < -0.39 is 0 Å². The van der Waals surface area contributed by atoms with Crippen LogP contribution in [0.1, 0.15) is 12.8 Å². The summed E-state index contributed by atoms with van der Waals surface area (Å²) < 4.78 is 13.7. The van der Waals surface area contributed by atoms with Gasteiger partial charge in [-0.2, -0.15) is 0 Å². The maximum absolute atomic E-state index is 13.7. The lowest BCUT2D eigenvalue weighted by atomic mass is 10.1. The average molecular weight is 243 g/mol. The molecule has 0 aromatic heterocycles. The molecule has 1 unspecified atom stereocenters. The number of halogens is 2. The number of piperidine rings is 1. The molecular formula is C12H16ClFN2. The van der Waals surface area contributed by atoms with Crippen LogP contribution >= 0.6 is 11.6 Å². The molecule has 1 aromatic carbocycles. The van der Waals surface area contributed by atoms with E-state index in [1.165, 1.54) is 6.07 Å². The number of hydrogen-bond acceptors (Lipinski definition) is 2. The molecule has 0 spiro atoms. The minimum atomic E-state index is -0.193. The first-order chi connectivity index (χ1) is 7.70. The molecule has 4 heteroatoms. The molecule has 1 aliphatic rings. The highest BCUT2D eigenvalue weighted by Gasteiger charge is 2.20. The Hall–Kier alpha value is -0.800. The van der Waals surface area contributed by atoms with E-state index in [9.17, 15) is 4.39 Å². The quantitative estimate of drug-likeness (QED) is 0.858. The van der Waals surface area contributed by atoms with Gasteiger partial charge >= 0.3 is 0 Å². The molecule has 1 N–H and O–H groups in total. The minimum absolute atomic E-state index is 0.193. The van der Waals surface area contributed by atoms with Crippen molar-refractivity contribution < 1.29 is 4.39 Å². The van der Waals surface area contributed by atoms with Crippen LogP contribution in [0, 0.1) is 5.82 Å². The molecule has 16 heavy (non-hydrogen) atoms. The second kappa shape index (κ2) is 5.02. The molecule has 0 radical (unpaired) electrons. The molecule has 1 heterocycles. The summed E-state index contributed by atoms with van der Waals surface area (Å²) in [6, 6.07) is 5.15. The van der Waals surface area contributed by atoms with Crippen LogP contribution in [0.5, 0.6) is 0 Å². The first kappa shape index (κ1) is 11.7.